The van der Waals surface area contributed by atoms with Crippen molar-refractivity contribution in [3.8, 4) is 0 Å². The van der Waals surface area contributed by atoms with E-state index in [1.807, 2.05) is 25.7 Å². The Kier molecular flexibility index (Phi) is 4.14. The van der Waals surface area contributed by atoms with Gasteiger partial charge in [0.25, 0.3) is 5.91 Å². The van der Waals surface area contributed by atoms with Crippen LogP contribution >= 0.6 is 11.3 Å². The van der Waals surface area contributed by atoms with Crippen LogP contribution in [0.25, 0.3) is 10.2 Å². The highest BCUT2D eigenvalue weighted by atomic mass is 32.1. The molecule has 0 unspecified atom stereocenters. The van der Waals surface area contributed by atoms with E-state index in [2.05, 4.69) is 21.8 Å². The molecule has 1 aliphatic rings. The second kappa shape index (κ2) is 5.93. The van der Waals surface area contributed by atoms with Gasteiger partial charge in [0.2, 0.25) is 0 Å². The molecule has 5 nitrogen and oxygen atoms in total. The fourth-order valence-electron chi connectivity index (χ4n) is 3.09. The van der Waals surface area contributed by atoms with Gasteiger partial charge >= 0.3 is 0 Å². The van der Waals surface area contributed by atoms with Gasteiger partial charge in [-0.1, -0.05) is 6.92 Å². The fraction of sp³-hybridized carbons (Fsp3) is 0.562. The molecule has 118 valence electrons. The lowest BCUT2D eigenvalue weighted by Gasteiger charge is -2.33. The number of hydrogen-bond acceptors (Lipinski definition) is 5. The average Bonchev–Trinajstić information content (AvgIpc) is 2.83. The van der Waals surface area contributed by atoms with Crippen LogP contribution in [0.15, 0.2) is 0 Å². The van der Waals surface area contributed by atoms with Crippen molar-refractivity contribution in [2.24, 2.45) is 0 Å². The molecule has 1 fully saturated rings. The number of amides is 1. The van der Waals surface area contributed by atoms with Crippen LogP contribution in [0.4, 0.5) is 0 Å². The third-order valence-electron chi connectivity index (χ3n) is 4.38. The number of piperazine rings is 1. The normalized spacial score (nSPS) is 16.5. The molecule has 0 aromatic carbocycles. The zero-order chi connectivity index (χ0) is 15.9. The molecule has 3 heterocycles. The molecular formula is C16H22N4OS. The first-order valence-electron chi connectivity index (χ1n) is 7.77. The van der Waals surface area contributed by atoms with Gasteiger partial charge in [0.1, 0.15) is 10.7 Å². The zero-order valence-electron chi connectivity index (χ0n) is 13.6. The van der Waals surface area contributed by atoms with Gasteiger partial charge in [-0.25, -0.2) is 9.97 Å². The monoisotopic (exact) mass is 318 g/mol. The number of carbonyl (C=O) groups is 1. The second-order valence-corrected chi connectivity index (χ2v) is 6.82. The van der Waals surface area contributed by atoms with E-state index in [0.29, 0.717) is 0 Å². The third kappa shape index (κ3) is 2.61. The van der Waals surface area contributed by atoms with E-state index in [9.17, 15) is 4.79 Å². The molecule has 0 saturated carbocycles. The summed E-state index contributed by atoms with van der Waals surface area (Å²) in [6.07, 6.45) is 0. The van der Waals surface area contributed by atoms with Crippen molar-refractivity contribution in [1.82, 2.24) is 19.8 Å². The number of aromatic nitrogens is 2. The van der Waals surface area contributed by atoms with Crippen molar-refractivity contribution < 1.29 is 4.79 Å². The number of likely N-dealkylation sites (N-methyl/N-ethyl adjacent to an activating group) is 1. The van der Waals surface area contributed by atoms with Gasteiger partial charge in [0.05, 0.1) is 4.88 Å². The number of carbonyl (C=O) groups excluding carboxylic acids is 1. The highest BCUT2D eigenvalue weighted by Gasteiger charge is 2.25. The molecule has 0 N–H and O–H groups in total. The van der Waals surface area contributed by atoms with Crippen LogP contribution in [0.3, 0.4) is 0 Å². The highest BCUT2D eigenvalue weighted by molar-refractivity contribution is 7.20. The first-order valence-corrected chi connectivity index (χ1v) is 8.59. The Bertz CT molecular complexity index is 716. The predicted octanol–water partition coefficient (Wildman–Crippen LogP) is 2.39. The van der Waals surface area contributed by atoms with Gasteiger partial charge in [0.15, 0.2) is 0 Å². The molecule has 3 rings (SSSR count). The molecule has 1 saturated heterocycles. The Morgan fingerprint density at radius 2 is 1.82 bits per heavy atom. The van der Waals surface area contributed by atoms with Crippen LogP contribution in [0.1, 0.15) is 33.7 Å². The fourth-order valence-corrected chi connectivity index (χ4v) is 4.33. The number of nitrogens with zero attached hydrogens (tertiary/aromatic N) is 4. The minimum Gasteiger partial charge on any atom is -0.335 e. The molecular weight excluding hydrogens is 296 g/mol. The summed E-state index contributed by atoms with van der Waals surface area (Å²) in [6, 6.07) is 0. The molecule has 0 radical (unpaired) electrons. The standard InChI is InChI=1S/C16H22N4OS/c1-5-19-6-8-20(9-7-19)16(21)14-10(2)13-11(3)17-12(4)18-15(13)22-14/h5-9H2,1-4H3. The Labute approximate surface area is 135 Å². The lowest BCUT2D eigenvalue weighted by atomic mass is 10.1. The SMILES string of the molecule is CCN1CCN(C(=O)c2sc3nc(C)nc(C)c3c2C)CC1. The Balaban J connectivity index is 1.92. The highest BCUT2D eigenvalue weighted by Crippen LogP contribution is 2.32. The lowest BCUT2D eigenvalue weighted by Crippen LogP contribution is -2.48. The van der Waals surface area contributed by atoms with Crippen LogP contribution in [-0.2, 0) is 0 Å². The number of thiophene rings is 1. The quantitative estimate of drug-likeness (QED) is 0.853. The maximum absolute atomic E-state index is 12.9. The smallest absolute Gasteiger partial charge is 0.264 e. The Morgan fingerprint density at radius 3 is 2.45 bits per heavy atom. The maximum Gasteiger partial charge on any atom is 0.264 e. The first-order chi connectivity index (χ1) is 10.5. The van der Waals surface area contributed by atoms with E-state index in [1.165, 1.54) is 11.3 Å². The van der Waals surface area contributed by atoms with Crippen LogP contribution in [-0.4, -0.2) is 58.4 Å². The van der Waals surface area contributed by atoms with Crippen molar-refractivity contribution in [2.75, 3.05) is 32.7 Å². The molecule has 0 aliphatic carbocycles. The van der Waals surface area contributed by atoms with E-state index in [1.54, 1.807) is 0 Å². The first kappa shape index (κ1) is 15.4. The zero-order valence-corrected chi connectivity index (χ0v) is 14.5. The maximum atomic E-state index is 12.9. The number of rotatable bonds is 2. The van der Waals surface area contributed by atoms with Crippen LogP contribution in [0, 0.1) is 20.8 Å². The predicted molar refractivity (Wildman–Crippen MR) is 89.6 cm³/mol. The van der Waals surface area contributed by atoms with E-state index in [4.69, 9.17) is 0 Å². The molecule has 0 atom stereocenters. The van der Waals surface area contributed by atoms with Gasteiger partial charge in [-0.15, -0.1) is 11.3 Å². The minimum atomic E-state index is 0.147. The molecule has 2 aromatic rings. The minimum absolute atomic E-state index is 0.147. The van der Waals surface area contributed by atoms with Crippen molar-refractivity contribution in [3.05, 3.63) is 22.0 Å². The summed E-state index contributed by atoms with van der Waals surface area (Å²) in [4.78, 5) is 27.9. The topological polar surface area (TPSA) is 49.3 Å². The van der Waals surface area contributed by atoms with Crippen LogP contribution < -0.4 is 0 Å². The molecule has 0 bridgehead atoms. The van der Waals surface area contributed by atoms with Gasteiger partial charge in [-0.05, 0) is 32.9 Å². The second-order valence-electron chi connectivity index (χ2n) is 5.82. The summed E-state index contributed by atoms with van der Waals surface area (Å²) >= 11 is 1.50. The van der Waals surface area contributed by atoms with Gasteiger partial charge in [-0.3, -0.25) is 4.79 Å². The van der Waals surface area contributed by atoms with Crippen molar-refractivity contribution >= 4 is 27.5 Å². The van der Waals surface area contributed by atoms with Crippen molar-refractivity contribution in [3.63, 3.8) is 0 Å². The molecule has 1 aliphatic heterocycles. The van der Waals surface area contributed by atoms with E-state index in [-0.39, 0.29) is 5.91 Å². The van der Waals surface area contributed by atoms with E-state index in [0.717, 1.165) is 64.9 Å². The average molecular weight is 318 g/mol. The third-order valence-corrected chi connectivity index (χ3v) is 5.56. The van der Waals surface area contributed by atoms with Crippen molar-refractivity contribution in [1.29, 1.82) is 0 Å². The summed E-state index contributed by atoms with van der Waals surface area (Å²) < 4.78 is 0. The lowest BCUT2D eigenvalue weighted by molar-refractivity contribution is 0.0647. The molecule has 22 heavy (non-hydrogen) atoms. The molecule has 2 aromatic heterocycles. The Hall–Kier alpha value is -1.53. The molecule has 0 spiro atoms. The largest absolute Gasteiger partial charge is 0.335 e. The van der Waals surface area contributed by atoms with Gasteiger partial charge in [-0.2, -0.15) is 0 Å². The van der Waals surface area contributed by atoms with Crippen molar-refractivity contribution in [2.45, 2.75) is 27.7 Å². The van der Waals surface area contributed by atoms with Crippen LogP contribution in [0.2, 0.25) is 0 Å². The summed E-state index contributed by atoms with van der Waals surface area (Å²) in [5.74, 6) is 0.912. The number of fused-ring (bicyclic) bond motifs is 1. The summed E-state index contributed by atoms with van der Waals surface area (Å²) in [6.45, 7) is 12.7. The molecule has 1 amide bonds. The number of aryl methyl sites for hydroxylation is 3. The summed E-state index contributed by atoms with van der Waals surface area (Å²) in [7, 11) is 0. The summed E-state index contributed by atoms with van der Waals surface area (Å²) in [5.41, 5.74) is 1.99. The van der Waals surface area contributed by atoms with E-state index < -0.39 is 0 Å². The van der Waals surface area contributed by atoms with Gasteiger partial charge in [0, 0.05) is 37.3 Å². The molecule has 6 heteroatoms. The summed E-state index contributed by atoms with van der Waals surface area (Å²) in [5, 5.41) is 1.05. The van der Waals surface area contributed by atoms with Gasteiger partial charge < -0.3 is 9.80 Å². The Morgan fingerprint density at radius 1 is 1.14 bits per heavy atom. The number of hydrogen-bond donors (Lipinski definition) is 0. The van der Waals surface area contributed by atoms with Crippen LogP contribution in [0.5, 0.6) is 0 Å². The van der Waals surface area contributed by atoms with E-state index >= 15 is 0 Å².